The lowest BCUT2D eigenvalue weighted by Gasteiger charge is -2.28. The first-order valence-corrected chi connectivity index (χ1v) is 12.3. The molecule has 0 bridgehead atoms. The highest BCUT2D eigenvalue weighted by atomic mass is 16.6. The van der Waals surface area contributed by atoms with Gasteiger partial charge in [-0.15, -0.1) is 0 Å². The third-order valence-electron chi connectivity index (χ3n) is 5.80. The topological polar surface area (TPSA) is 129 Å². The van der Waals surface area contributed by atoms with Crippen molar-refractivity contribution in [2.45, 2.75) is 64.2 Å². The van der Waals surface area contributed by atoms with Gasteiger partial charge in [0, 0.05) is 20.5 Å². The maximum atomic E-state index is 13.2. The molecule has 2 N–H and O–H groups in total. The van der Waals surface area contributed by atoms with E-state index >= 15 is 0 Å². The first kappa shape index (κ1) is 30.5. The number of carbonyl (C=O) groups is 4. The molecule has 38 heavy (non-hydrogen) atoms. The standard InChI is InChI=1S/C28H36N2O8/c1-18(35-5)24(29-4)27(33)37-19(2)25(30-20(3)31)28(34)38-23(16-21-12-8-6-9-13-21)26(32)36-17-22-14-10-7-11-15-22/h6-15,18-19,23-25,29H,16-17H2,1-5H3,(H,30,31)/t18-,19-,23-,24+,25+/m1/s1. The van der Waals surface area contributed by atoms with Gasteiger partial charge < -0.3 is 29.6 Å². The molecule has 2 aromatic rings. The van der Waals surface area contributed by atoms with Gasteiger partial charge in [0.2, 0.25) is 12.0 Å². The maximum Gasteiger partial charge on any atom is 0.348 e. The smallest absolute Gasteiger partial charge is 0.348 e. The van der Waals surface area contributed by atoms with Gasteiger partial charge in [-0.3, -0.25) is 9.59 Å². The zero-order valence-electron chi connectivity index (χ0n) is 22.3. The van der Waals surface area contributed by atoms with E-state index in [1.807, 2.05) is 24.3 Å². The van der Waals surface area contributed by atoms with Gasteiger partial charge in [0.1, 0.15) is 18.8 Å². The largest absolute Gasteiger partial charge is 0.459 e. The molecule has 206 valence electrons. The summed E-state index contributed by atoms with van der Waals surface area (Å²) in [4.78, 5) is 50.8. The molecular formula is C28H36N2O8. The summed E-state index contributed by atoms with van der Waals surface area (Å²) >= 11 is 0. The normalized spacial score (nSPS) is 14.8. The van der Waals surface area contributed by atoms with Crippen LogP contribution in [0.2, 0.25) is 0 Å². The highest BCUT2D eigenvalue weighted by Crippen LogP contribution is 2.13. The van der Waals surface area contributed by atoms with Gasteiger partial charge in [-0.1, -0.05) is 60.7 Å². The van der Waals surface area contributed by atoms with Crippen molar-refractivity contribution in [2.24, 2.45) is 0 Å². The van der Waals surface area contributed by atoms with Crippen LogP contribution in [-0.4, -0.2) is 68.4 Å². The summed E-state index contributed by atoms with van der Waals surface area (Å²) in [6.45, 7) is 4.34. The van der Waals surface area contributed by atoms with Gasteiger partial charge in [0.25, 0.3) is 0 Å². The molecule has 0 unspecified atom stereocenters. The zero-order chi connectivity index (χ0) is 28.1. The van der Waals surface area contributed by atoms with Gasteiger partial charge in [-0.2, -0.15) is 0 Å². The van der Waals surface area contributed by atoms with E-state index in [9.17, 15) is 19.2 Å². The molecular weight excluding hydrogens is 492 g/mol. The second-order valence-corrected chi connectivity index (χ2v) is 8.74. The van der Waals surface area contributed by atoms with Gasteiger partial charge in [-0.25, -0.2) is 9.59 Å². The van der Waals surface area contributed by atoms with Crippen LogP contribution in [0.25, 0.3) is 0 Å². The summed E-state index contributed by atoms with van der Waals surface area (Å²) in [7, 11) is 3.02. The predicted octanol–water partition coefficient (Wildman–Crippen LogP) is 1.94. The van der Waals surface area contributed by atoms with Gasteiger partial charge in [0.15, 0.2) is 6.04 Å². The molecule has 1 amide bonds. The Morgan fingerprint density at radius 3 is 1.84 bits per heavy atom. The Bertz CT molecular complexity index is 1050. The van der Waals surface area contributed by atoms with E-state index in [4.69, 9.17) is 18.9 Å². The van der Waals surface area contributed by atoms with Crippen molar-refractivity contribution in [3.8, 4) is 0 Å². The van der Waals surface area contributed by atoms with Gasteiger partial charge in [0.05, 0.1) is 6.10 Å². The van der Waals surface area contributed by atoms with E-state index in [0.29, 0.717) is 0 Å². The summed E-state index contributed by atoms with van der Waals surface area (Å²) in [5, 5.41) is 5.26. The highest BCUT2D eigenvalue weighted by Gasteiger charge is 2.36. The number of carbonyl (C=O) groups excluding carboxylic acids is 4. The number of benzene rings is 2. The van der Waals surface area contributed by atoms with Gasteiger partial charge >= 0.3 is 17.9 Å². The Morgan fingerprint density at radius 2 is 1.32 bits per heavy atom. The summed E-state index contributed by atoms with van der Waals surface area (Å²) < 4.78 is 21.6. The van der Waals surface area contributed by atoms with E-state index in [1.54, 1.807) is 50.4 Å². The van der Waals surface area contributed by atoms with Crippen molar-refractivity contribution >= 4 is 23.8 Å². The van der Waals surface area contributed by atoms with Crippen LogP contribution < -0.4 is 10.6 Å². The predicted molar refractivity (Wildman–Crippen MR) is 139 cm³/mol. The molecule has 0 aliphatic carbocycles. The van der Waals surface area contributed by atoms with Crippen LogP contribution >= 0.6 is 0 Å². The fourth-order valence-corrected chi connectivity index (χ4v) is 3.63. The number of hydrogen-bond acceptors (Lipinski definition) is 9. The fourth-order valence-electron chi connectivity index (χ4n) is 3.63. The van der Waals surface area contributed by atoms with Crippen molar-refractivity contribution in [3.05, 3.63) is 71.8 Å². The first-order valence-electron chi connectivity index (χ1n) is 12.3. The van der Waals surface area contributed by atoms with Crippen molar-refractivity contribution < 1.29 is 38.1 Å². The second kappa shape index (κ2) is 15.5. The molecule has 0 radical (unpaired) electrons. The highest BCUT2D eigenvalue weighted by molar-refractivity contribution is 5.87. The second-order valence-electron chi connectivity index (χ2n) is 8.74. The molecule has 0 aromatic heterocycles. The Hall–Kier alpha value is -3.76. The quantitative estimate of drug-likeness (QED) is 0.279. The summed E-state index contributed by atoms with van der Waals surface area (Å²) in [6, 6.07) is 15.9. The maximum absolute atomic E-state index is 13.2. The van der Waals surface area contributed by atoms with Crippen LogP contribution in [0.15, 0.2) is 60.7 Å². The number of methoxy groups -OCH3 is 1. The minimum Gasteiger partial charge on any atom is -0.459 e. The van der Waals surface area contributed by atoms with E-state index in [1.165, 1.54) is 21.0 Å². The number of nitrogens with one attached hydrogen (secondary N) is 2. The van der Waals surface area contributed by atoms with Crippen LogP contribution in [0.4, 0.5) is 0 Å². The molecule has 10 heteroatoms. The molecule has 0 saturated carbocycles. The average Bonchev–Trinajstić information content (AvgIpc) is 2.91. The van der Waals surface area contributed by atoms with E-state index in [2.05, 4.69) is 10.6 Å². The van der Waals surface area contributed by atoms with E-state index in [-0.39, 0.29) is 13.0 Å². The van der Waals surface area contributed by atoms with Crippen LogP contribution in [0.3, 0.4) is 0 Å². The monoisotopic (exact) mass is 528 g/mol. The number of esters is 3. The molecule has 0 spiro atoms. The molecule has 0 aliphatic heterocycles. The molecule has 0 saturated heterocycles. The first-order chi connectivity index (χ1) is 18.2. The number of hydrogen-bond donors (Lipinski definition) is 2. The average molecular weight is 529 g/mol. The summed E-state index contributed by atoms with van der Waals surface area (Å²) in [6.07, 6.45) is -2.88. The molecule has 2 aromatic carbocycles. The van der Waals surface area contributed by atoms with Crippen LogP contribution in [0.5, 0.6) is 0 Å². The number of likely N-dealkylation sites (N-methyl/N-ethyl adjacent to an activating group) is 1. The Labute approximate surface area is 223 Å². The number of amides is 1. The van der Waals surface area contributed by atoms with Crippen LogP contribution in [-0.2, 0) is 51.2 Å². The third kappa shape index (κ3) is 9.60. The zero-order valence-corrected chi connectivity index (χ0v) is 22.3. The van der Waals surface area contributed by atoms with Crippen molar-refractivity contribution in [3.63, 3.8) is 0 Å². The van der Waals surface area contributed by atoms with E-state index in [0.717, 1.165) is 11.1 Å². The molecule has 0 heterocycles. The minimum absolute atomic E-state index is 0.00521. The molecule has 0 aliphatic rings. The van der Waals surface area contributed by atoms with Crippen molar-refractivity contribution in [1.82, 2.24) is 10.6 Å². The lowest BCUT2D eigenvalue weighted by Crippen LogP contribution is -2.53. The molecule has 0 fully saturated rings. The number of ether oxygens (including phenoxy) is 4. The van der Waals surface area contributed by atoms with E-state index < -0.39 is 54.2 Å². The van der Waals surface area contributed by atoms with Crippen LogP contribution in [0.1, 0.15) is 31.9 Å². The Morgan fingerprint density at radius 1 is 0.763 bits per heavy atom. The number of rotatable bonds is 14. The molecule has 2 rings (SSSR count). The molecule has 10 nitrogen and oxygen atoms in total. The third-order valence-corrected chi connectivity index (χ3v) is 5.80. The fraction of sp³-hybridized carbons (Fsp3) is 0.429. The van der Waals surface area contributed by atoms with Gasteiger partial charge in [-0.05, 0) is 32.0 Å². The summed E-state index contributed by atoms with van der Waals surface area (Å²) in [5.41, 5.74) is 1.51. The SMILES string of the molecule is CN[C@H](C(=O)O[C@H](C)[C@H](NC(C)=O)C(=O)O[C@H](Cc1ccccc1)C(=O)OCc1ccccc1)[C@@H](C)OC. The van der Waals surface area contributed by atoms with Crippen LogP contribution in [0, 0.1) is 0 Å². The van der Waals surface area contributed by atoms with Crippen molar-refractivity contribution in [1.29, 1.82) is 0 Å². The summed E-state index contributed by atoms with van der Waals surface area (Å²) in [5.74, 6) is -2.92. The lowest BCUT2D eigenvalue weighted by atomic mass is 10.1. The molecule has 5 atom stereocenters. The Balaban J connectivity index is 2.19. The van der Waals surface area contributed by atoms with Crippen molar-refractivity contribution in [2.75, 3.05) is 14.2 Å². The lowest BCUT2D eigenvalue weighted by molar-refractivity contribution is -0.174. The Kier molecular flexibility index (Phi) is 12.4. The minimum atomic E-state index is -1.37.